The molecular weight excluding hydrogens is 284 g/mol. The van der Waals surface area contributed by atoms with Gasteiger partial charge < -0.3 is 10.2 Å². The van der Waals surface area contributed by atoms with Crippen LogP contribution in [-0.2, 0) is 16.4 Å². The number of nitrogens with zero attached hydrogens (tertiary/aromatic N) is 1. The molecule has 1 unspecified atom stereocenters. The first-order valence-corrected chi connectivity index (χ1v) is 8.53. The van der Waals surface area contributed by atoms with Crippen LogP contribution < -0.4 is 10.2 Å². The van der Waals surface area contributed by atoms with Gasteiger partial charge in [0.05, 0.1) is 11.5 Å². The molecule has 6 heteroatoms. The molecule has 1 saturated heterocycles. The highest BCUT2D eigenvalue weighted by molar-refractivity contribution is 7.91. The standard InChI is InChI=1S/C13H19ClN2O2S/c1-10-9-19(17,18)6-5-16(10)13-7-12(14)4-3-11(13)8-15-2/h3-4,7,10,15H,5-6,8-9H2,1-2H3. The first-order valence-electron chi connectivity index (χ1n) is 6.33. The van der Waals surface area contributed by atoms with E-state index in [1.54, 1.807) is 0 Å². The van der Waals surface area contributed by atoms with Crippen molar-refractivity contribution in [2.45, 2.75) is 19.5 Å². The van der Waals surface area contributed by atoms with E-state index in [9.17, 15) is 8.42 Å². The molecule has 1 fully saturated rings. The Morgan fingerprint density at radius 3 is 2.84 bits per heavy atom. The number of anilines is 1. The van der Waals surface area contributed by atoms with E-state index in [1.165, 1.54) is 0 Å². The predicted molar refractivity (Wildman–Crippen MR) is 79.7 cm³/mol. The zero-order valence-corrected chi connectivity index (χ0v) is 12.8. The summed E-state index contributed by atoms with van der Waals surface area (Å²) in [5.74, 6) is 0.418. The van der Waals surface area contributed by atoms with E-state index in [0.29, 0.717) is 11.6 Å². The molecule has 4 nitrogen and oxygen atoms in total. The van der Waals surface area contributed by atoms with E-state index < -0.39 is 9.84 Å². The summed E-state index contributed by atoms with van der Waals surface area (Å²) in [6.07, 6.45) is 0. The number of nitrogens with one attached hydrogen (secondary N) is 1. The molecule has 19 heavy (non-hydrogen) atoms. The Labute approximate surface area is 119 Å². The van der Waals surface area contributed by atoms with Crippen molar-refractivity contribution in [3.8, 4) is 0 Å². The molecule has 106 valence electrons. The molecule has 0 spiro atoms. The molecule has 1 aliphatic rings. The lowest BCUT2D eigenvalue weighted by Gasteiger charge is -2.36. The summed E-state index contributed by atoms with van der Waals surface area (Å²) in [5, 5.41) is 3.80. The van der Waals surface area contributed by atoms with Crippen molar-refractivity contribution < 1.29 is 8.42 Å². The first-order chi connectivity index (χ1) is 8.93. The lowest BCUT2D eigenvalue weighted by atomic mass is 10.1. The highest BCUT2D eigenvalue weighted by atomic mass is 35.5. The van der Waals surface area contributed by atoms with Crippen LogP contribution in [0.1, 0.15) is 12.5 Å². The largest absolute Gasteiger partial charge is 0.366 e. The van der Waals surface area contributed by atoms with Gasteiger partial charge in [-0.15, -0.1) is 0 Å². The van der Waals surface area contributed by atoms with Crippen LogP contribution in [-0.4, -0.2) is 39.6 Å². The third kappa shape index (κ3) is 3.41. The van der Waals surface area contributed by atoms with Crippen LogP contribution in [0, 0.1) is 0 Å². The van der Waals surface area contributed by atoms with Crippen LogP contribution >= 0.6 is 11.6 Å². The average molecular weight is 303 g/mol. The third-order valence-corrected chi connectivity index (χ3v) is 5.42. The van der Waals surface area contributed by atoms with Crippen LogP contribution in [0.25, 0.3) is 0 Å². The Morgan fingerprint density at radius 1 is 1.47 bits per heavy atom. The van der Waals surface area contributed by atoms with Gasteiger partial charge in [0, 0.05) is 29.8 Å². The highest BCUT2D eigenvalue weighted by Crippen LogP contribution is 2.28. The van der Waals surface area contributed by atoms with Gasteiger partial charge in [0.2, 0.25) is 0 Å². The van der Waals surface area contributed by atoms with Gasteiger partial charge >= 0.3 is 0 Å². The van der Waals surface area contributed by atoms with Gasteiger partial charge in [-0.2, -0.15) is 0 Å². The first kappa shape index (κ1) is 14.6. The molecule has 1 atom stereocenters. The molecule has 0 aromatic heterocycles. The van der Waals surface area contributed by atoms with Crippen molar-refractivity contribution in [3.63, 3.8) is 0 Å². The van der Waals surface area contributed by atoms with E-state index in [-0.39, 0.29) is 17.5 Å². The smallest absolute Gasteiger partial charge is 0.154 e. The van der Waals surface area contributed by atoms with Crippen LogP contribution in [0.5, 0.6) is 0 Å². The third-order valence-electron chi connectivity index (χ3n) is 3.39. The second kappa shape index (κ2) is 5.69. The van der Waals surface area contributed by atoms with Gasteiger partial charge in [-0.05, 0) is 31.7 Å². The maximum Gasteiger partial charge on any atom is 0.154 e. The number of benzene rings is 1. The number of hydrogen-bond acceptors (Lipinski definition) is 4. The molecule has 1 aromatic carbocycles. The van der Waals surface area contributed by atoms with E-state index in [4.69, 9.17) is 11.6 Å². The van der Waals surface area contributed by atoms with Crippen LogP contribution in [0.2, 0.25) is 5.02 Å². The van der Waals surface area contributed by atoms with Crippen molar-refractivity contribution in [2.75, 3.05) is 30.0 Å². The lowest BCUT2D eigenvalue weighted by Crippen LogP contribution is -2.47. The fourth-order valence-corrected chi connectivity index (χ4v) is 4.22. The summed E-state index contributed by atoms with van der Waals surface area (Å²) in [6.45, 7) is 3.21. The number of halogens is 1. The van der Waals surface area contributed by atoms with Crippen molar-refractivity contribution in [3.05, 3.63) is 28.8 Å². The van der Waals surface area contributed by atoms with Gasteiger partial charge in [-0.3, -0.25) is 0 Å². The summed E-state index contributed by atoms with van der Waals surface area (Å²) < 4.78 is 23.3. The Kier molecular flexibility index (Phi) is 4.38. The quantitative estimate of drug-likeness (QED) is 0.923. The van der Waals surface area contributed by atoms with E-state index in [2.05, 4.69) is 10.2 Å². The Bertz CT molecular complexity index is 560. The maximum atomic E-state index is 11.7. The predicted octanol–water partition coefficient (Wildman–Crippen LogP) is 1.68. The fourth-order valence-electron chi connectivity index (χ4n) is 2.50. The van der Waals surface area contributed by atoms with E-state index in [0.717, 1.165) is 17.8 Å². The summed E-state index contributed by atoms with van der Waals surface area (Å²) >= 11 is 6.07. The monoisotopic (exact) mass is 302 g/mol. The Morgan fingerprint density at radius 2 is 2.21 bits per heavy atom. The molecular formula is C13H19ClN2O2S. The fraction of sp³-hybridized carbons (Fsp3) is 0.538. The molecule has 1 aliphatic heterocycles. The minimum Gasteiger partial charge on any atom is -0.366 e. The van der Waals surface area contributed by atoms with E-state index >= 15 is 0 Å². The molecule has 2 rings (SSSR count). The van der Waals surface area contributed by atoms with Crippen molar-refractivity contribution >= 4 is 27.1 Å². The van der Waals surface area contributed by atoms with E-state index in [1.807, 2.05) is 32.2 Å². The van der Waals surface area contributed by atoms with Crippen molar-refractivity contribution in [2.24, 2.45) is 0 Å². The summed E-state index contributed by atoms with van der Waals surface area (Å²) in [6, 6.07) is 5.75. The molecule has 1 heterocycles. The van der Waals surface area contributed by atoms with Crippen LogP contribution in [0.4, 0.5) is 5.69 Å². The lowest BCUT2D eigenvalue weighted by molar-refractivity contribution is 0.567. The summed E-state index contributed by atoms with van der Waals surface area (Å²) in [4.78, 5) is 2.14. The average Bonchev–Trinajstić information content (AvgIpc) is 2.31. The van der Waals surface area contributed by atoms with Gasteiger partial charge in [0.15, 0.2) is 9.84 Å². The topological polar surface area (TPSA) is 49.4 Å². The van der Waals surface area contributed by atoms with Crippen LogP contribution in [0.3, 0.4) is 0 Å². The molecule has 0 radical (unpaired) electrons. The minimum absolute atomic E-state index is 0.0205. The second-order valence-corrected chi connectivity index (χ2v) is 7.63. The summed E-state index contributed by atoms with van der Waals surface area (Å²) in [5.41, 5.74) is 2.17. The van der Waals surface area contributed by atoms with Crippen molar-refractivity contribution in [1.29, 1.82) is 0 Å². The molecule has 0 bridgehead atoms. The van der Waals surface area contributed by atoms with Gasteiger partial charge in [0.25, 0.3) is 0 Å². The number of sulfone groups is 1. The summed E-state index contributed by atoms with van der Waals surface area (Å²) in [7, 11) is -1.01. The van der Waals surface area contributed by atoms with Crippen molar-refractivity contribution in [1.82, 2.24) is 5.32 Å². The molecule has 0 amide bonds. The van der Waals surface area contributed by atoms with Crippen LogP contribution in [0.15, 0.2) is 18.2 Å². The zero-order valence-electron chi connectivity index (χ0n) is 11.2. The highest BCUT2D eigenvalue weighted by Gasteiger charge is 2.29. The van der Waals surface area contributed by atoms with Gasteiger partial charge in [0.1, 0.15) is 0 Å². The molecule has 1 aromatic rings. The molecule has 0 aliphatic carbocycles. The SMILES string of the molecule is CNCc1ccc(Cl)cc1N1CCS(=O)(=O)CC1C. The normalized spacial score (nSPS) is 22.5. The van der Waals surface area contributed by atoms with Gasteiger partial charge in [-0.25, -0.2) is 8.42 Å². The number of rotatable bonds is 3. The minimum atomic E-state index is -2.90. The Hall–Kier alpha value is -0.780. The molecule has 1 N–H and O–H groups in total. The zero-order chi connectivity index (χ0) is 14.0. The second-order valence-electron chi connectivity index (χ2n) is 4.96. The van der Waals surface area contributed by atoms with Gasteiger partial charge in [-0.1, -0.05) is 17.7 Å². The Balaban J connectivity index is 2.33. The number of hydrogen-bond donors (Lipinski definition) is 1. The molecule has 0 saturated carbocycles. The maximum absolute atomic E-state index is 11.7.